The van der Waals surface area contributed by atoms with Gasteiger partial charge in [-0.3, -0.25) is 0 Å². The summed E-state index contributed by atoms with van der Waals surface area (Å²) in [7, 11) is 0. The minimum Gasteiger partial charge on any atom is -0.395 e. The summed E-state index contributed by atoms with van der Waals surface area (Å²) >= 11 is 5.02. The quantitative estimate of drug-likeness (QED) is 0.662. The molecule has 0 saturated carbocycles. The predicted octanol–water partition coefficient (Wildman–Crippen LogP) is -0.0716. The average Bonchev–Trinajstić information content (AvgIpc) is 2.16. The Bertz CT molecular complexity index is 265. The summed E-state index contributed by atoms with van der Waals surface area (Å²) in [5.41, 5.74) is 0.970. The molecule has 0 aromatic carbocycles. The molecule has 1 heterocycles. The lowest BCUT2D eigenvalue weighted by Gasteiger charge is -2.04. The van der Waals surface area contributed by atoms with Gasteiger partial charge in [0.15, 0.2) is 0 Å². The summed E-state index contributed by atoms with van der Waals surface area (Å²) in [5.74, 6) is 0. The summed E-state index contributed by atoms with van der Waals surface area (Å²) in [4.78, 5) is 8.44. The zero-order valence-electron chi connectivity index (χ0n) is 7.10. The Hall–Kier alpha value is -1.07. The van der Waals surface area contributed by atoms with Crippen molar-refractivity contribution in [2.45, 2.75) is 6.42 Å². The van der Waals surface area contributed by atoms with E-state index in [4.69, 9.17) is 17.3 Å². The molecule has 1 aromatic rings. The zero-order valence-corrected chi connectivity index (χ0v) is 7.92. The van der Waals surface area contributed by atoms with Gasteiger partial charge in [0.1, 0.15) is 6.33 Å². The van der Waals surface area contributed by atoms with Gasteiger partial charge in [-0.15, -0.1) is 0 Å². The summed E-state index contributed by atoms with van der Waals surface area (Å²) in [6.45, 7) is 0.581. The number of hydrogen-bond acceptors (Lipinski definition) is 4. The van der Waals surface area contributed by atoms with Gasteiger partial charge in [0, 0.05) is 25.4 Å². The first kappa shape index (κ1) is 10.0. The Labute approximate surface area is 82.0 Å². The predicted molar refractivity (Wildman–Crippen MR) is 53.4 cm³/mol. The summed E-state index contributed by atoms with van der Waals surface area (Å²) in [6.07, 6.45) is 5.55. The highest BCUT2D eigenvalue weighted by Gasteiger charge is 1.97. The van der Waals surface area contributed by atoms with E-state index in [9.17, 15) is 0 Å². The van der Waals surface area contributed by atoms with Gasteiger partial charge in [0.05, 0.1) is 11.6 Å². The maximum absolute atomic E-state index is 8.53. The molecule has 13 heavy (non-hydrogen) atoms. The second-order valence-electron chi connectivity index (χ2n) is 2.50. The van der Waals surface area contributed by atoms with E-state index in [0.29, 0.717) is 18.0 Å². The molecular weight excluding hydrogens is 186 g/mol. The van der Waals surface area contributed by atoms with Gasteiger partial charge in [-0.25, -0.2) is 9.97 Å². The van der Waals surface area contributed by atoms with Crippen molar-refractivity contribution in [3.05, 3.63) is 24.3 Å². The first-order valence-corrected chi connectivity index (χ1v) is 4.35. The van der Waals surface area contributed by atoms with E-state index in [1.165, 1.54) is 6.33 Å². The molecule has 0 aliphatic carbocycles. The fourth-order valence-corrected chi connectivity index (χ4v) is 1.13. The van der Waals surface area contributed by atoms with Crippen LogP contribution in [-0.4, -0.2) is 33.2 Å². The van der Waals surface area contributed by atoms with Gasteiger partial charge in [0.2, 0.25) is 0 Å². The molecule has 4 nitrogen and oxygen atoms in total. The third-order valence-corrected chi connectivity index (χ3v) is 1.70. The molecule has 0 unspecified atom stereocenters. The van der Waals surface area contributed by atoms with Crippen molar-refractivity contribution in [3.8, 4) is 0 Å². The molecule has 0 atom stereocenters. The fraction of sp³-hybridized carbons (Fsp3) is 0.375. The molecule has 0 aliphatic rings. The third kappa shape index (κ3) is 3.91. The van der Waals surface area contributed by atoms with Crippen LogP contribution in [0.15, 0.2) is 18.7 Å². The van der Waals surface area contributed by atoms with Crippen LogP contribution in [0.3, 0.4) is 0 Å². The number of hydrogen-bond donors (Lipinski definition) is 2. The molecule has 0 bridgehead atoms. The smallest absolute Gasteiger partial charge is 0.115 e. The van der Waals surface area contributed by atoms with Crippen molar-refractivity contribution in [1.29, 1.82) is 0 Å². The van der Waals surface area contributed by atoms with Gasteiger partial charge in [-0.2, -0.15) is 0 Å². The van der Waals surface area contributed by atoms with Crippen LogP contribution in [0.4, 0.5) is 0 Å². The van der Waals surface area contributed by atoms with E-state index in [1.807, 2.05) is 0 Å². The number of rotatable bonds is 4. The number of thiocarbonyl (C=S) groups is 1. The molecule has 1 rings (SSSR count). The molecule has 0 radical (unpaired) electrons. The molecule has 0 fully saturated rings. The molecule has 2 N–H and O–H groups in total. The van der Waals surface area contributed by atoms with Crippen molar-refractivity contribution >= 4 is 17.2 Å². The molecule has 0 aliphatic heterocycles. The first-order valence-electron chi connectivity index (χ1n) is 3.94. The molecule has 0 saturated heterocycles. The van der Waals surface area contributed by atoms with E-state index < -0.39 is 0 Å². The van der Waals surface area contributed by atoms with Crippen molar-refractivity contribution < 1.29 is 5.11 Å². The highest BCUT2D eigenvalue weighted by atomic mass is 32.1. The van der Waals surface area contributed by atoms with E-state index in [1.54, 1.807) is 12.4 Å². The normalized spacial score (nSPS) is 9.62. The van der Waals surface area contributed by atoms with E-state index in [-0.39, 0.29) is 6.61 Å². The van der Waals surface area contributed by atoms with Crippen LogP contribution < -0.4 is 5.32 Å². The van der Waals surface area contributed by atoms with Crippen molar-refractivity contribution in [1.82, 2.24) is 15.3 Å². The van der Waals surface area contributed by atoms with Crippen molar-refractivity contribution in [2.75, 3.05) is 13.2 Å². The topological polar surface area (TPSA) is 58.0 Å². The second kappa shape index (κ2) is 5.55. The molecule has 1 aromatic heterocycles. The summed E-state index contributed by atoms with van der Waals surface area (Å²) in [6, 6.07) is 0. The van der Waals surface area contributed by atoms with Gasteiger partial charge in [0.25, 0.3) is 0 Å². The Kier molecular flexibility index (Phi) is 4.28. The fourth-order valence-electron chi connectivity index (χ4n) is 0.864. The van der Waals surface area contributed by atoms with Crippen LogP contribution in [0.2, 0.25) is 0 Å². The van der Waals surface area contributed by atoms with Crippen LogP contribution in [0.1, 0.15) is 5.56 Å². The van der Waals surface area contributed by atoms with Gasteiger partial charge >= 0.3 is 0 Å². The van der Waals surface area contributed by atoms with Gasteiger partial charge in [-0.05, 0) is 5.56 Å². The standard InChI is InChI=1S/C8H11N3OS/c12-2-1-11-8(13)3-7-4-9-6-10-5-7/h4-6,12H,1-3H2,(H,11,13). The van der Waals surface area contributed by atoms with E-state index >= 15 is 0 Å². The number of aliphatic hydroxyl groups excluding tert-OH is 1. The van der Waals surface area contributed by atoms with E-state index in [2.05, 4.69) is 15.3 Å². The number of aromatic nitrogens is 2. The minimum atomic E-state index is 0.0887. The minimum absolute atomic E-state index is 0.0887. The monoisotopic (exact) mass is 197 g/mol. The SMILES string of the molecule is OCCNC(=S)Cc1cncnc1. The van der Waals surface area contributed by atoms with Crippen LogP contribution in [0.5, 0.6) is 0 Å². The maximum atomic E-state index is 8.53. The summed E-state index contributed by atoms with van der Waals surface area (Å²) in [5, 5.41) is 11.4. The number of nitrogens with zero attached hydrogens (tertiary/aromatic N) is 2. The molecule has 0 amide bonds. The molecule has 70 valence electrons. The van der Waals surface area contributed by atoms with E-state index in [0.717, 1.165) is 5.56 Å². The molecular formula is C8H11N3OS. The van der Waals surface area contributed by atoms with Crippen LogP contribution in [0.25, 0.3) is 0 Å². The van der Waals surface area contributed by atoms with Gasteiger partial charge < -0.3 is 10.4 Å². The Morgan fingerprint density at radius 1 is 1.46 bits per heavy atom. The second-order valence-corrected chi connectivity index (χ2v) is 2.99. The highest BCUT2D eigenvalue weighted by molar-refractivity contribution is 7.80. The Balaban J connectivity index is 2.37. The summed E-state index contributed by atoms with van der Waals surface area (Å²) < 4.78 is 0. The van der Waals surface area contributed by atoms with Crippen LogP contribution >= 0.6 is 12.2 Å². The van der Waals surface area contributed by atoms with Crippen LogP contribution in [-0.2, 0) is 6.42 Å². The largest absolute Gasteiger partial charge is 0.395 e. The third-order valence-electron chi connectivity index (χ3n) is 1.41. The Morgan fingerprint density at radius 2 is 2.15 bits per heavy atom. The van der Waals surface area contributed by atoms with Crippen molar-refractivity contribution in [3.63, 3.8) is 0 Å². The molecule has 5 heteroatoms. The van der Waals surface area contributed by atoms with Crippen LogP contribution in [0, 0.1) is 0 Å². The average molecular weight is 197 g/mol. The number of nitrogens with one attached hydrogen (secondary N) is 1. The lowest BCUT2D eigenvalue weighted by molar-refractivity contribution is 0.300. The first-order chi connectivity index (χ1) is 6.33. The lowest BCUT2D eigenvalue weighted by Crippen LogP contribution is -2.26. The van der Waals surface area contributed by atoms with Gasteiger partial charge in [-0.1, -0.05) is 12.2 Å². The Morgan fingerprint density at radius 3 is 2.77 bits per heavy atom. The van der Waals surface area contributed by atoms with Crippen molar-refractivity contribution in [2.24, 2.45) is 0 Å². The lowest BCUT2D eigenvalue weighted by atomic mass is 10.2. The highest BCUT2D eigenvalue weighted by Crippen LogP contribution is 1.94. The maximum Gasteiger partial charge on any atom is 0.115 e. The molecule has 0 spiro atoms. The number of aliphatic hydroxyl groups is 1. The zero-order chi connectivity index (χ0) is 9.52.